The zero-order chi connectivity index (χ0) is 13.8. The Balaban J connectivity index is 1.66. The molecule has 0 saturated heterocycles. The maximum absolute atomic E-state index is 5.37. The molecule has 1 aromatic carbocycles. The van der Waals surface area contributed by atoms with Gasteiger partial charge in [-0.15, -0.1) is 0 Å². The van der Waals surface area contributed by atoms with Gasteiger partial charge in [0.15, 0.2) is 5.82 Å². The van der Waals surface area contributed by atoms with Gasteiger partial charge in [-0.05, 0) is 37.4 Å². The minimum absolute atomic E-state index is 0.360. The molecular formula is C14H17BN3O2. The Morgan fingerprint density at radius 1 is 1.30 bits per heavy atom. The molecule has 5 nitrogen and oxygen atoms in total. The zero-order valence-electron chi connectivity index (χ0n) is 11.5. The molecule has 0 bridgehead atoms. The molecule has 1 aliphatic rings. The molecule has 1 aromatic heterocycles. The maximum Gasteiger partial charge on any atom is 0.395 e. The minimum atomic E-state index is 0.360. The topological polar surface area (TPSA) is 60.2 Å². The number of aromatic nitrogens is 2. The molecule has 3 rings (SSSR count). The molecule has 103 valence electrons. The summed E-state index contributed by atoms with van der Waals surface area (Å²) in [6, 6.07) is 10.3. The predicted octanol–water partition coefficient (Wildman–Crippen LogP) is 2.14. The average Bonchev–Trinajstić information content (AvgIpc) is 3.15. The van der Waals surface area contributed by atoms with Crippen LogP contribution in [0.25, 0.3) is 11.5 Å². The Kier molecular flexibility index (Phi) is 4.13. The smallest absolute Gasteiger partial charge is 0.395 e. The first-order valence-corrected chi connectivity index (χ1v) is 6.86. The van der Waals surface area contributed by atoms with Gasteiger partial charge in [0, 0.05) is 18.6 Å². The van der Waals surface area contributed by atoms with Crippen molar-refractivity contribution in [3.8, 4) is 11.5 Å². The van der Waals surface area contributed by atoms with Crippen molar-refractivity contribution in [2.24, 2.45) is 0 Å². The summed E-state index contributed by atoms with van der Waals surface area (Å²) in [5.41, 5.74) is 0.964. The van der Waals surface area contributed by atoms with Crippen LogP contribution >= 0.6 is 0 Å². The van der Waals surface area contributed by atoms with Gasteiger partial charge in [0.2, 0.25) is 0 Å². The van der Waals surface area contributed by atoms with E-state index in [0.717, 1.165) is 30.7 Å². The molecule has 1 saturated carbocycles. The second-order valence-electron chi connectivity index (χ2n) is 5.05. The van der Waals surface area contributed by atoms with E-state index in [9.17, 15) is 0 Å². The summed E-state index contributed by atoms with van der Waals surface area (Å²) < 4.78 is 10.3. The number of nitrogens with zero attached hydrogens (tertiary/aromatic N) is 2. The minimum Gasteiger partial charge on any atom is -0.427 e. The zero-order valence-corrected chi connectivity index (χ0v) is 11.5. The number of hydrogen-bond donors (Lipinski definition) is 1. The van der Waals surface area contributed by atoms with Gasteiger partial charge in [-0.3, -0.25) is 0 Å². The summed E-state index contributed by atoms with van der Waals surface area (Å²) >= 11 is 0. The Bertz CT molecular complexity index is 546. The van der Waals surface area contributed by atoms with Gasteiger partial charge in [0.25, 0.3) is 5.89 Å². The van der Waals surface area contributed by atoms with Gasteiger partial charge < -0.3 is 14.4 Å². The van der Waals surface area contributed by atoms with Crippen molar-refractivity contribution in [2.75, 3.05) is 7.11 Å². The van der Waals surface area contributed by atoms with E-state index < -0.39 is 0 Å². The molecule has 20 heavy (non-hydrogen) atoms. The van der Waals surface area contributed by atoms with E-state index in [2.05, 4.69) is 15.4 Å². The van der Waals surface area contributed by atoms with E-state index in [4.69, 9.17) is 9.18 Å². The third-order valence-corrected chi connectivity index (χ3v) is 3.68. The number of rotatable bonds is 5. The van der Waals surface area contributed by atoms with E-state index in [1.165, 1.54) is 0 Å². The van der Waals surface area contributed by atoms with Crippen LogP contribution in [0.2, 0.25) is 0 Å². The van der Waals surface area contributed by atoms with E-state index in [0.29, 0.717) is 17.9 Å². The van der Waals surface area contributed by atoms with E-state index >= 15 is 0 Å². The molecular weight excluding hydrogens is 253 g/mol. The largest absolute Gasteiger partial charge is 0.427 e. The Morgan fingerprint density at radius 3 is 2.95 bits per heavy atom. The van der Waals surface area contributed by atoms with Gasteiger partial charge in [0.05, 0.1) is 0 Å². The molecule has 1 heterocycles. The molecule has 6 heteroatoms. The highest BCUT2D eigenvalue weighted by Crippen LogP contribution is 2.33. The van der Waals surface area contributed by atoms with Gasteiger partial charge in [0.1, 0.15) is 0 Å². The quantitative estimate of drug-likeness (QED) is 0.843. The van der Waals surface area contributed by atoms with Crippen LogP contribution in [0.15, 0.2) is 34.9 Å². The maximum atomic E-state index is 5.37. The number of nitrogens with one attached hydrogen (secondary N) is 1. The fraction of sp³-hybridized carbons (Fsp3) is 0.429. The van der Waals surface area contributed by atoms with Crippen LogP contribution in [-0.4, -0.2) is 30.9 Å². The summed E-state index contributed by atoms with van der Waals surface area (Å²) in [7, 11) is 3.28. The normalized spacial score (nSPS) is 22.1. The SMILES string of the molecule is CO[B]NC1CCC(c2noc(-c3ccccc3)n2)C1. The predicted molar refractivity (Wildman–Crippen MR) is 76.0 cm³/mol. The highest BCUT2D eigenvalue weighted by Gasteiger charge is 2.29. The average molecular weight is 270 g/mol. The van der Waals surface area contributed by atoms with Crippen LogP contribution in [0.4, 0.5) is 0 Å². The lowest BCUT2D eigenvalue weighted by atomic mass is 10.1. The molecule has 0 aliphatic heterocycles. The van der Waals surface area contributed by atoms with Crippen LogP contribution in [0.5, 0.6) is 0 Å². The van der Waals surface area contributed by atoms with E-state index in [1.54, 1.807) is 14.7 Å². The fourth-order valence-electron chi connectivity index (χ4n) is 2.63. The molecule has 0 spiro atoms. The van der Waals surface area contributed by atoms with Gasteiger partial charge in [-0.25, -0.2) is 0 Å². The Hall–Kier alpha value is -1.66. The third kappa shape index (κ3) is 2.91. The van der Waals surface area contributed by atoms with Gasteiger partial charge >= 0.3 is 7.62 Å². The first kappa shape index (κ1) is 13.3. The van der Waals surface area contributed by atoms with Crippen molar-refractivity contribution >= 4 is 7.62 Å². The van der Waals surface area contributed by atoms with Crippen LogP contribution in [0.1, 0.15) is 31.0 Å². The first-order valence-electron chi connectivity index (χ1n) is 6.86. The Labute approximate surface area is 119 Å². The summed E-state index contributed by atoms with van der Waals surface area (Å²) in [6.07, 6.45) is 3.18. The molecule has 1 radical (unpaired) electrons. The Morgan fingerprint density at radius 2 is 2.15 bits per heavy atom. The van der Waals surface area contributed by atoms with Crippen LogP contribution in [-0.2, 0) is 4.65 Å². The third-order valence-electron chi connectivity index (χ3n) is 3.68. The molecule has 2 atom stereocenters. The summed E-state index contributed by atoms with van der Waals surface area (Å²) in [6.45, 7) is 0. The van der Waals surface area contributed by atoms with Crippen LogP contribution < -0.4 is 5.23 Å². The van der Waals surface area contributed by atoms with Gasteiger partial charge in [-0.2, -0.15) is 4.98 Å². The van der Waals surface area contributed by atoms with Crippen molar-refractivity contribution in [3.05, 3.63) is 36.2 Å². The van der Waals surface area contributed by atoms with Crippen LogP contribution in [0, 0.1) is 0 Å². The second-order valence-corrected chi connectivity index (χ2v) is 5.05. The standard InChI is InChI=1S/C14H17BN3O2/c1-19-15-17-12-8-7-11(9-12)13-16-14(20-18-13)10-5-3-2-4-6-10/h2-6,11-12,17H,7-9H2,1H3. The van der Waals surface area contributed by atoms with Crippen molar-refractivity contribution in [1.29, 1.82) is 0 Å². The lowest BCUT2D eigenvalue weighted by molar-refractivity contribution is 0.412. The van der Waals surface area contributed by atoms with Crippen molar-refractivity contribution in [3.63, 3.8) is 0 Å². The molecule has 2 unspecified atom stereocenters. The summed E-state index contributed by atoms with van der Waals surface area (Å²) in [4.78, 5) is 4.53. The number of benzene rings is 1. The van der Waals surface area contributed by atoms with E-state index in [1.807, 2.05) is 30.3 Å². The van der Waals surface area contributed by atoms with Crippen LogP contribution in [0.3, 0.4) is 0 Å². The van der Waals surface area contributed by atoms with Gasteiger partial charge in [-0.1, -0.05) is 23.4 Å². The monoisotopic (exact) mass is 270 g/mol. The lowest BCUT2D eigenvalue weighted by Gasteiger charge is -2.09. The number of hydrogen-bond acceptors (Lipinski definition) is 5. The summed E-state index contributed by atoms with van der Waals surface area (Å²) in [5.74, 6) is 1.77. The molecule has 1 aliphatic carbocycles. The summed E-state index contributed by atoms with van der Waals surface area (Å²) in [5, 5.41) is 7.37. The molecule has 1 fully saturated rings. The lowest BCUT2D eigenvalue weighted by Crippen LogP contribution is -2.31. The van der Waals surface area contributed by atoms with E-state index in [-0.39, 0.29) is 0 Å². The highest BCUT2D eigenvalue weighted by molar-refractivity contribution is 6.23. The second kappa shape index (κ2) is 6.20. The molecule has 0 amide bonds. The van der Waals surface area contributed by atoms with Crippen molar-refractivity contribution < 1.29 is 9.18 Å². The fourth-order valence-corrected chi connectivity index (χ4v) is 2.63. The van der Waals surface area contributed by atoms with Crippen molar-refractivity contribution in [1.82, 2.24) is 15.4 Å². The van der Waals surface area contributed by atoms with Crippen molar-refractivity contribution in [2.45, 2.75) is 31.2 Å². The first-order chi connectivity index (χ1) is 9.86. The molecule has 1 N–H and O–H groups in total. The highest BCUT2D eigenvalue weighted by atomic mass is 16.5. The molecule has 2 aromatic rings.